The van der Waals surface area contributed by atoms with Crippen LogP contribution in [0.3, 0.4) is 0 Å². The number of ether oxygens (including phenoxy) is 1. The van der Waals surface area contributed by atoms with E-state index in [2.05, 4.69) is 15.5 Å². The molecule has 0 saturated heterocycles. The minimum absolute atomic E-state index is 0.268. The van der Waals surface area contributed by atoms with Gasteiger partial charge in [0, 0.05) is 5.69 Å². The van der Waals surface area contributed by atoms with E-state index in [-0.39, 0.29) is 5.91 Å². The molecule has 2 heterocycles. The summed E-state index contributed by atoms with van der Waals surface area (Å²) in [5.74, 6) is -0.122. The van der Waals surface area contributed by atoms with Gasteiger partial charge in [-0.25, -0.2) is 4.79 Å². The van der Waals surface area contributed by atoms with Crippen molar-refractivity contribution in [2.75, 3.05) is 12.4 Å². The molecule has 27 heavy (non-hydrogen) atoms. The number of nitrogens with one attached hydrogen (secondary N) is 2. The topological polar surface area (TPSA) is 89.0 Å². The van der Waals surface area contributed by atoms with Crippen LogP contribution in [0.5, 0.6) is 0 Å². The van der Waals surface area contributed by atoms with Crippen molar-refractivity contribution in [3.8, 4) is 10.7 Å². The van der Waals surface area contributed by atoms with E-state index in [0.717, 1.165) is 10.4 Å². The van der Waals surface area contributed by atoms with Crippen molar-refractivity contribution in [1.29, 1.82) is 0 Å². The van der Waals surface area contributed by atoms with E-state index < -0.39 is 12.0 Å². The number of rotatable bonds is 5. The quantitative estimate of drug-likeness (QED) is 0.498. The van der Waals surface area contributed by atoms with Gasteiger partial charge in [-0.2, -0.15) is 5.10 Å². The van der Waals surface area contributed by atoms with Gasteiger partial charge in [0.15, 0.2) is 10.6 Å². The second kappa shape index (κ2) is 7.85. The SMILES string of the molecule is COC(=O)c1ccc(C)c(NC(=O)C(C)n2c(-c3cccs3)n[nH]c2=S)c1. The summed E-state index contributed by atoms with van der Waals surface area (Å²) in [7, 11) is 1.31. The number of carbonyl (C=O) groups is 2. The lowest BCUT2D eigenvalue weighted by atomic mass is 10.1. The van der Waals surface area contributed by atoms with Gasteiger partial charge in [0.2, 0.25) is 5.91 Å². The van der Waals surface area contributed by atoms with Crippen molar-refractivity contribution in [2.45, 2.75) is 19.9 Å². The number of amides is 1. The van der Waals surface area contributed by atoms with Gasteiger partial charge < -0.3 is 10.1 Å². The summed E-state index contributed by atoms with van der Waals surface area (Å²) < 4.78 is 6.77. The van der Waals surface area contributed by atoms with Crippen LogP contribution in [0.25, 0.3) is 10.7 Å². The Morgan fingerprint density at radius 1 is 1.37 bits per heavy atom. The predicted octanol–water partition coefficient (Wildman–Crippen LogP) is 3.96. The van der Waals surface area contributed by atoms with E-state index in [0.29, 0.717) is 21.8 Å². The van der Waals surface area contributed by atoms with E-state index >= 15 is 0 Å². The molecule has 0 spiro atoms. The number of thiophene rings is 1. The normalized spacial score (nSPS) is 11.8. The molecule has 0 aliphatic carbocycles. The monoisotopic (exact) mass is 402 g/mol. The highest BCUT2D eigenvalue weighted by Crippen LogP contribution is 2.26. The first-order chi connectivity index (χ1) is 12.9. The Morgan fingerprint density at radius 2 is 2.15 bits per heavy atom. The summed E-state index contributed by atoms with van der Waals surface area (Å²) in [5.41, 5.74) is 1.74. The van der Waals surface area contributed by atoms with Crippen molar-refractivity contribution in [3.63, 3.8) is 0 Å². The van der Waals surface area contributed by atoms with Crippen LogP contribution in [0.15, 0.2) is 35.7 Å². The van der Waals surface area contributed by atoms with E-state index in [4.69, 9.17) is 17.0 Å². The fraction of sp³-hybridized carbons (Fsp3) is 0.222. The zero-order valence-electron chi connectivity index (χ0n) is 15.0. The first-order valence-electron chi connectivity index (χ1n) is 8.13. The molecule has 140 valence electrons. The number of esters is 1. The Hall–Kier alpha value is -2.78. The number of H-pyrrole nitrogens is 1. The fourth-order valence-corrected chi connectivity index (χ4v) is 3.60. The highest BCUT2D eigenvalue weighted by molar-refractivity contribution is 7.71. The van der Waals surface area contributed by atoms with Crippen molar-refractivity contribution in [1.82, 2.24) is 14.8 Å². The van der Waals surface area contributed by atoms with Crippen LogP contribution in [-0.2, 0) is 9.53 Å². The van der Waals surface area contributed by atoms with Crippen molar-refractivity contribution in [3.05, 3.63) is 51.6 Å². The largest absolute Gasteiger partial charge is 0.465 e. The standard InChI is InChI=1S/C18H18N4O3S2/c1-10-6-7-12(17(24)25-3)9-13(10)19-16(23)11(2)22-15(20-21-18(22)26)14-5-4-8-27-14/h4-9,11H,1-3H3,(H,19,23)(H,21,26). The predicted molar refractivity (Wildman–Crippen MR) is 107 cm³/mol. The Bertz CT molecular complexity index is 1040. The molecule has 3 aromatic rings. The first kappa shape index (κ1) is 19.0. The lowest BCUT2D eigenvalue weighted by molar-refractivity contribution is -0.118. The molecule has 0 aliphatic heterocycles. The second-order valence-corrected chi connectivity index (χ2v) is 7.22. The van der Waals surface area contributed by atoms with Crippen LogP contribution in [0.4, 0.5) is 5.69 Å². The minimum atomic E-state index is -0.602. The minimum Gasteiger partial charge on any atom is -0.465 e. The summed E-state index contributed by atoms with van der Waals surface area (Å²) in [6.07, 6.45) is 0. The zero-order chi connectivity index (χ0) is 19.6. The highest BCUT2D eigenvalue weighted by Gasteiger charge is 2.22. The second-order valence-electron chi connectivity index (χ2n) is 5.89. The number of aromatic nitrogens is 3. The third-order valence-corrected chi connectivity index (χ3v) is 5.28. The van der Waals surface area contributed by atoms with Crippen molar-refractivity contribution in [2.24, 2.45) is 0 Å². The molecular weight excluding hydrogens is 384 g/mol. The van der Waals surface area contributed by atoms with Gasteiger partial charge in [-0.15, -0.1) is 11.3 Å². The maximum absolute atomic E-state index is 12.9. The number of nitrogens with zero attached hydrogens (tertiary/aromatic N) is 2. The molecule has 3 rings (SSSR count). The smallest absolute Gasteiger partial charge is 0.337 e. The highest BCUT2D eigenvalue weighted by atomic mass is 32.1. The third-order valence-electron chi connectivity index (χ3n) is 4.13. The molecule has 0 radical (unpaired) electrons. The molecule has 0 fully saturated rings. The molecule has 0 aliphatic rings. The molecular formula is C18H18N4O3S2. The third kappa shape index (κ3) is 3.83. The lowest BCUT2D eigenvalue weighted by Crippen LogP contribution is -2.25. The number of hydrogen-bond acceptors (Lipinski definition) is 6. The van der Waals surface area contributed by atoms with Crippen molar-refractivity contribution < 1.29 is 14.3 Å². The summed E-state index contributed by atoms with van der Waals surface area (Å²) in [5, 5.41) is 11.8. The van der Waals surface area contributed by atoms with Gasteiger partial charge in [-0.1, -0.05) is 12.1 Å². The van der Waals surface area contributed by atoms with E-state index in [9.17, 15) is 9.59 Å². The molecule has 2 N–H and O–H groups in total. The average molecular weight is 403 g/mol. The Labute approximate surface area is 165 Å². The Kier molecular flexibility index (Phi) is 5.52. The molecule has 1 amide bonds. The number of methoxy groups -OCH3 is 1. The summed E-state index contributed by atoms with van der Waals surface area (Å²) >= 11 is 6.83. The van der Waals surface area contributed by atoms with Crippen LogP contribution < -0.4 is 5.32 Å². The molecule has 0 bridgehead atoms. The number of carbonyl (C=O) groups excluding carboxylic acids is 2. The van der Waals surface area contributed by atoms with Crippen LogP contribution in [0.1, 0.15) is 28.9 Å². The average Bonchev–Trinajstić information content (AvgIpc) is 3.31. The van der Waals surface area contributed by atoms with E-state index in [1.165, 1.54) is 18.4 Å². The number of aryl methyl sites for hydroxylation is 1. The summed E-state index contributed by atoms with van der Waals surface area (Å²) in [6.45, 7) is 3.60. The van der Waals surface area contributed by atoms with E-state index in [1.807, 2.05) is 24.4 Å². The Balaban J connectivity index is 1.89. The zero-order valence-corrected chi connectivity index (χ0v) is 16.6. The molecule has 7 nitrogen and oxygen atoms in total. The summed E-state index contributed by atoms with van der Waals surface area (Å²) in [6, 6.07) is 8.24. The first-order valence-corrected chi connectivity index (χ1v) is 9.41. The van der Waals surface area contributed by atoms with Gasteiger partial charge in [0.1, 0.15) is 6.04 Å². The molecule has 2 aromatic heterocycles. The molecule has 0 saturated carbocycles. The van der Waals surface area contributed by atoms with Crippen LogP contribution in [0, 0.1) is 11.7 Å². The van der Waals surface area contributed by atoms with Gasteiger partial charge in [-0.3, -0.25) is 14.5 Å². The number of hydrogen-bond donors (Lipinski definition) is 2. The number of benzene rings is 1. The molecule has 1 aromatic carbocycles. The van der Waals surface area contributed by atoms with Crippen LogP contribution >= 0.6 is 23.6 Å². The van der Waals surface area contributed by atoms with Crippen LogP contribution in [-0.4, -0.2) is 33.8 Å². The summed E-state index contributed by atoms with van der Waals surface area (Å²) in [4.78, 5) is 25.5. The lowest BCUT2D eigenvalue weighted by Gasteiger charge is -2.16. The Morgan fingerprint density at radius 3 is 2.81 bits per heavy atom. The van der Waals surface area contributed by atoms with Gasteiger partial charge in [0.25, 0.3) is 0 Å². The number of anilines is 1. The van der Waals surface area contributed by atoms with Gasteiger partial charge in [0.05, 0.1) is 17.6 Å². The number of aromatic amines is 1. The molecule has 9 heteroatoms. The maximum Gasteiger partial charge on any atom is 0.337 e. The van der Waals surface area contributed by atoms with Gasteiger partial charge >= 0.3 is 5.97 Å². The fourth-order valence-electron chi connectivity index (χ4n) is 2.60. The van der Waals surface area contributed by atoms with Gasteiger partial charge in [-0.05, 0) is 55.2 Å². The van der Waals surface area contributed by atoms with E-state index in [1.54, 1.807) is 29.7 Å². The van der Waals surface area contributed by atoms with Crippen molar-refractivity contribution >= 4 is 41.1 Å². The van der Waals surface area contributed by atoms with Crippen LogP contribution in [0.2, 0.25) is 0 Å². The molecule has 1 unspecified atom stereocenters. The maximum atomic E-state index is 12.9. The molecule has 1 atom stereocenters.